The number of unbranched alkanes of at least 4 members (excludes halogenated alkanes) is 1. The van der Waals surface area contributed by atoms with E-state index in [-0.39, 0.29) is 18.4 Å². The molecule has 0 unspecified atom stereocenters. The van der Waals surface area contributed by atoms with Gasteiger partial charge in [0.15, 0.2) is 0 Å². The molecule has 3 rings (SSSR count). The highest BCUT2D eigenvalue weighted by atomic mass is 16.5. The highest BCUT2D eigenvalue weighted by molar-refractivity contribution is 5.78. The number of hydrogen-bond donors (Lipinski definition) is 1. The minimum absolute atomic E-state index is 0.0388. The zero-order valence-electron chi connectivity index (χ0n) is 17.5. The van der Waals surface area contributed by atoms with Gasteiger partial charge in [-0.25, -0.2) is 0 Å². The summed E-state index contributed by atoms with van der Waals surface area (Å²) in [5.74, 6) is 0.132. The van der Waals surface area contributed by atoms with Gasteiger partial charge in [-0.15, -0.1) is 0 Å². The maximum absolute atomic E-state index is 12.8. The van der Waals surface area contributed by atoms with E-state index in [2.05, 4.69) is 12.1 Å². The average Bonchev–Trinajstić information content (AvgIpc) is 2.74. The molecule has 0 aliphatic carbocycles. The van der Waals surface area contributed by atoms with Crippen LogP contribution in [0, 0.1) is 5.41 Å². The smallest absolute Gasteiger partial charge is 0.248 e. The maximum atomic E-state index is 12.8. The van der Waals surface area contributed by atoms with Crippen molar-refractivity contribution in [2.45, 2.75) is 51.0 Å². The molecule has 6 nitrogen and oxygen atoms in total. The lowest BCUT2D eigenvalue weighted by Gasteiger charge is -2.51. The van der Waals surface area contributed by atoms with Crippen LogP contribution in [0.15, 0.2) is 30.3 Å². The van der Waals surface area contributed by atoms with E-state index in [9.17, 15) is 14.7 Å². The SMILES string of the molecule is COCC(=O)N1CCC[C@@]2(CN(C(=O)CCCCc3ccccc3)CC[C@H]2O)C1. The minimum atomic E-state index is -0.470. The van der Waals surface area contributed by atoms with Gasteiger partial charge in [-0.05, 0) is 44.1 Å². The van der Waals surface area contributed by atoms with Crippen molar-refractivity contribution >= 4 is 11.8 Å². The van der Waals surface area contributed by atoms with E-state index in [1.807, 2.05) is 23.1 Å². The number of aryl methyl sites for hydroxylation is 1. The number of carbonyl (C=O) groups excluding carboxylic acids is 2. The topological polar surface area (TPSA) is 70.1 Å². The molecule has 1 aromatic carbocycles. The van der Waals surface area contributed by atoms with E-state index >= 15 is 0 Å². The largest absolute Gasteiger partial charge is 0.392 e. The van der Waals surface area contributed by atoms with E-state index in [1.54, 1.807) is 4.90 Å². The van der Waals surface area contributed by atoms with Crippen molar-refractivity contribution in [2.75, 3.05) is 39.9 Å². The molecule has 1 aromatic rings. The number of methoxy groups -OCH3 is 1. The Hall–Kier alpha value is -1.92. The first-order valence-electron chi connectivity index (χ1n) is 10.8. The van der Waals surface area contributed by atoms with Crippen molar-refractivity contribution in [3.05, 3.63) is 35.9 Å². The van der Waals surface area contributed by atoms with Gasteiger partial charge >= 0.3 is 0 Å². The third-order valence-electron chi connectivity index (χ3n) is 6.42. The quantitative estimate of drug-likeness (QED) is 0.710. The van der Waals surface area contributed by atoms with Crippen LogP contribution in [-0.4, -0.2) is 72.7 Å². The van der Waals surface area contributed by atoms with Gasteiger partial charge < -0.3 is 19.6 Å². The fraction of sp³-hybridized carbons (Fsp3) is 0.652. The molecule has 160 valence electrons. The van der Waals surface area contributed by atoms with Crippen molar-refractivity contribution in [3.8, 4) is 0 Å². The number of likely N-dealkylation sites (tertiary alicyclic amines) is 2. The molecule has 1 spiro atoms. The highest BCUT2D eigenvalue weighted by Gasteiger charge is 2.47. The first kappa shape index (κ1) is 21.8. The Morgan fingerprint density at radius 1 is 1.10 bits per heavy atom. The fourth-order valence-corrected chi connectivity index (χ4v) is 4.76. The second-order valence-corrected chi connectivity index (χ2v) is 8.53. The number of piperidine rings is 2. The first-order valence-corrected chi connectivity index (χ1v) is 10.8. The lowest BCUT2D eigenvalue weighted by Crippen LogP contribution is -2.60. The molecule has 0 radical (unpaired) electrons. The summed E-state index contributed by atoms with van der Waals surface area (Å²) in [5.41, 5.74) is 0.905. The Labute approximate surface area is 173 Å². The molecule has 0 saturated carbocycles. The molecule has 2 atom stereocenters. The van der Waals surface area contributed by atoms with Crippen molar-refractivity contribution in [1.29, 1.82) is 0 Å². The molecular formula is C23H34N2O4. The van der Waals surface area contributed by atoms with Gasteiger partial charge in [-0.1, -0.05) is 30.3 Å². The van der Waals surface area contributed by atoms with Gasteiger partial charge in [0, 0.05) is 45.1 Å². The van der Waals surface area contributed by atoms with Crippen molar-refractivity contribution < 1.29 is 19.4 Å². The average molecular weight is 403 g/mol. The summed E-state index contributed by atoms with van der Waals surface area (Å²) in [6.07, 6.45) is 5.23. The van der Waals surface area contributed by atoms with Crippen LogP contribution >= 0.6 is 0 Å². The number of rotatable bonds is 7. The summed E-state index contributed by atoms with van der Waals surface area (Å²) in [5, 5.41) is 10.7. The van der Waals surface area contributed by atoms with Gasteiger partial charge in [-0.2, -0.15) is 0 Å². The van der Waals surface area contributed by atoms with Gasteiger partial charge in [0.25, 0.3) is 0 Å². The van der Waals surface area contributed by atoms with Crippen molar-refractivity contribution in [3.63, 3.8) is 0 Å². The third kappa shape index (κ3) is 5.58. The Morgan fingerprint density at radius 2 is 1.83 bits per heavy atom. The number of amides is 2. The predicted molar refractivity (Wildman–Crippen MR) is 111 cm³/mol. The lowest BCUT2D eigenvalue weighted by molar-refractivity contribution is -0.150. The zero-order chi connectivity index (χ0) is 20.7. The van der Waals surface area contributed by atoms with Crippen LogP contribution in [0.4, 0.5) is 0 Å². The summed E-state index contributed by atoms with van der Waals surface area (Å²) in [6, 6.07) is 10.4. The molecule has 2 saturated heterocycles. The number of benzene rings is 1. The van der Waals surface area contributed by atoms with Crippen molar-refractivity contribution in [2.24, 2.45) is 5.41 Å². The monoisotopic (exact) mass is 402 g/mol. The van der Waals surface area contributed by atoms with Gasteiger partial charge in [-0.3, -0.25) is 9.59 Å². The number of nitrogens with zero attached hydrogens (tertiary/aromatic N) is 2. The molecule has 0 aromatic heterocycles. The number of ether oxygens (including phenoxy) is 1. The van der Waals surface area contributed by atoms with Crippen molar-refractivity contribution in [1.82, 2.24) is 9.80 Å². The normalized spacial score (nSPS) is 24.7. The molecule has 2 aliphatic rings. The predicted octanol–water partition coefficient (Wildman–Crippen LogP) is 2.25. The Bertz CT molecular complexity index is 681. The van der Waals surface area contributed by atoms with Crippen LogP contribution < -0.4 is 0 Å². The Morgan fingerprint density at radius 3 is 2.55 bits per heavy atom. The molecule has 29 heavy (non-hydrogen) atoms. The van der Waals surface area contributed by atoms with Gasteiger partial charge in [0.1, 0.15) is 6.61 Å². The molecule has 6 heteroatoms. The van der Waals surface area contributed by atoms with Crippen LogP contribution in [0.1, 0.15) is 44.1 Å². The second-order valence-electron chi connectivity index (χ2n) is 8.53. The van der Waals surface area contributed by atoms with Gasteiger partial charge in [0.2, 0.25) is 11.8 Å². The first-order chi connectivity index (χ1) is 14.0. The number of aliphatic hydroxyl groups is 1. The van der Waals surface area contributed by atoms with E-state index in [1.165, 1.54) is 12.7 Å². The van der Waals surface area contributed by atoms with Gasteiger partial charge in [0.05, 0.1) is 6.10 Å². The zero-order valence-corrected chi connectivity index (χ0v) is 17.5. The van der Waals surface area contributed by atoms with E-state index in [0.29, 0.717) is 39.0 Å². The lowest BCUT2D eigenvalue weighted by atomic mass is 9.71. The third-order valence-corrected chi connectivity index (χ3v) is 6.42. The standard InChI is InChI=1S/C23H34N2O4/c1-29-16-22(28)24-14-7-13-23(17-24)18-25(15-12-20(23)26)21(27)11-6-5-10-19-8-3-2-4-9-19/h2-4,8-9,20,26H,5-7,10-18H2,1H3/t20-,23+/m1/s1. The Kier molecular flexibility index (Phi) is 7.67. The summed E-state index contributed by atoms with van der Waals surface area (Å²) < 4.78 is 4.99. The summed E-state index contributed by atoms with van der Waals surface area (Å²) >= 11 is 0. The molecule has 0 bridgehead atoms. The van der Waals surface area contributed by atoms with E-state index < -0.39 is 11.5 Å². The number of hydrogen-bond acceptors (Lipinski definition) is 4. The second kappa shape index (κ2) is 10.2. The van der Waals surface area contributed by atoms with E-state index in [0.717, 1.165) is 32.1 Å². The van der Waals surface area contributed by atoms with E-state index in [4.69, 9.17) is 4.74 Å². The fourth-order valence-electron chi connectivity index (χ4n) is 4.76. The van der Waals surface area contributed by atoms with Crippen LogP contribution in [-0.2, 0) is 20.7 Å². The van der Waals surface area contributed by atoms with Crippen LogP contribution in [0.5, 0.6) is 0 Å². The molecule has 2 fully saturated rings. The van der Waals surface area contributed by atoms with Crippen LogP contribution in [0.3, 0.4) is 0 Å². The summed E-state index contributed by atoms with van der Waals surface area (Å²) in [6.45, 7) is 2.42. The molecule has 2 amide bonds. The molecule has 2 heterocycles. The highest BCUT2D eigenvalue weighted by Crippen LogP contribution is 2.39. The van der Waals surface area contributed by atoms with Crippen LogP contribution in [0.25, 0.3) is 0 Å². The summed E-state index contributed by atoms with van der Waals surface area (Å²) in [4.78, 5) is 28.8. The molecule has 1 N–H and O–H groups in total. The number of aliphatic hydroxyl groups excluding tert-OH is 1. The summed E-state index contributed by atoms with van der Waals surface area (Å²) in [7, 11) is 1.52. The number of carbonyl (C=O) groups is 2. The Balaban J connectivity index is 1.51. The molecule has 2 aliphatic heterocycles. The molecular weight excluding hydrogens is 368 g/mol. The minimum Gasteiger partial charge on any atom is -0.392 e. The maximum Gasteiger partial charge on any atom is 0.248 e. The van der Waals surface area contributed by atoms with Crippen LogP contribution in [0.2, 0.25) is 0 Å².